The van der Waals surface area contributed by atoms with Crippen LogP contribution in [0, 0.1) is 11.8 Å². The summed E-state index contributed by atoms with van der Waals surface area (Å²) in [6.45, 7) is 8.50. The largest absolute Gasteiger partial charge is 0.100 e. The van der Waals surface area contributed by atoms with E-state index in [-0.39, 0.29) is 0 Å². The van der Waals surface area contributed by atoms with Gasteiger partial charge in [-0.25, -0.2) is 0 Å². The van der Waals surface area contributed by atoms with Crippen LogP contribution >= 0.6 is 0 Å². The Morgan fingerprint density at radius 2 is 1.93 bits per heavy atom. The van der Waals surface area contributed by atoms with Gasteiger partial charge in [-0.3, -0.25) is 0 Å². The summed E-state index contributed by atoms with van der Waals surface area (Å²) in [6, 6.07) is 0. The highest BCUT2D eigenvalue weighted by Gasteiger charge is 2.23. The molecule has 1 unspecified atom stereocenters. The number of hydrogen-bond donors (Lipinski definition) is 0. The summed E-state index contributed by atoms with van der Waals surface area (Å²) in [7, 11) is 0. The molecule has 0 nitrogen and oxygen atoms in total. The summed E-state index contributed by atoms with van der Waals surface area (Å²) in [6.07, 6.45) is 11.4. The van der Waals surface area contributed by atoms with Crippen LogP contribution in [-0.4, -0.2) is 0 Å². The van der Waals surface area contributed by atoms with Gasteiger partial charge in [0.25, 0.3) is 0 Å². The molecule has 0 N–H and O–H groups in total. The van der Waals surface area contributed by atoms with Gasteiger partial charge in [-0.1, -0.05) is 51.0 Å². The van der Waals surface area contributed by atoms with Crippen molar-refractivity contribution >= 4 is 0 Å². The molecule has 0 aromatic heterocycles. The van der Waals surface area contributed by atoms with Crippen LogP contribution in [0.3, 0.4) is 0 Å². The lowest BCUT2D eigenvalue weighted by molar-refractivity contribution is 0.297. The van der Waals surface area contributed by atoms with Crippen molar-refractivity contribution in [1.82, 2.24) is 0 Å². The van der Waals surface area contributed by atoms with Crippen molar-refractivity contribution in [1.29, 1.82) is 0 Å². The van der Waals surface area contributed by atoms with Crippen molar-refractivity contribution in [2.75, 3.05) is 0 Å². The first-order valence-electron chi connectivity index (χ1n) is 6.38. The molecule has 1 rings (SSSR count). The molecule has 0 spiro atoms. The van der Waals surface area contributed by atoms with Crippen molar-refractivity contribution in [3.8, 4) is 0 Å². The van der Waals surface area contributed by atoms with Crippen molar-refractivity contribution < 1.29 is 0 Å². The zero-order valence-electron chi connectivity index (χ0n) is 10.0. The fourth-order valence-electron chi connectivity index (χ4n) is 2.85. The van der Waals surface area contributed by atoms with Gasteiger partial charge < -0.3 is 0 Å². The van der Waals surface area contributed by atoms with E-state index in [0.29, 0.717) is 0 Å². The lowest BCUT2D eigenvalue weighted by Gasteiger charge is -2.22. The van der Waals surface area contributed by atoms with E-state index in [9.17, 15) is 0 Å². The Bertz CT molecular complexity index is 163. The third kappa shape index (κ3) is 3.86. The highest BCUT2D eigenvalue weighted by Crippen LogP contribution is 2.36. The van der Waals surface area contributed by atoms with Gasteiger partial charge in [0.2, 0.25) is 0 Å². The Balaban J connectivity index is 2.33. The standard InChI is InChI=1S/C14H26/c1-4-7-13(11-10-12(2)3)14-8-5-6-9-14/h13-14H,2,4-11H2,1,3H3. The maximum Gasteiger partial charge on any atom is -0.0323 e. The second-order valence-electron chi connectivity index (χ2n) is 5.09. The third-order valence-electron chi connectivity index (χ3n) is 3.67. The number of allylic oxidation sites excluding steroid dienone is 1. The third-order valence-corrected chi connectivity index (χ3v) is 3.67. The van der Waals surface area contributed by atoms with Crippen LogP contribution in [0.5, 0.6) is 0 Å². The summed E-state index contributed by atoms with van der Waals surface area (Å²) >= 11 is 0. The molecule has 1 aliphatic rings. The Kier molecular flexibility index (Phi) is 5.29. The Morgan fingerprint density at radius 3 is 2.43 bits per heavy atom. The molecule has 0 bridgehead atoms. The lowest BCUT2D eigenvalue weighted by Crippen LogP contribution is -2.11. The zero-order valence-corrected chi connectivity index (χ0v) is 10.0. The summed E-state index contributed by atoms with van der Waals surface area (Å²) in [5.74, 6) is 2.05. The van der Waals surface area contributed by atoms with Gasteiger partial charge in [0, 0.05) is 0 Å². The van der Waals surface area contributed by atoms with Crippen LogP contribution in [0.25, 0.3) is 0 Å². The summed E-state index contributed by atoms with van der Waals surface area (Å²) in [5, 5.41) is 0. The fourth-order valence-corrected chi connectivity index (χ4v) is 2.85. The molecule has 0 heteroatoms. The van der Waals surface area contributed by atoms with E-state index in [2.05, 4.69) is 20.4 Å². The predicted octanol–water partition coefficient (Wildman–Crippen LogP) is 4.95. The van der Waals surface area contributed by atoms with Crippen LogP contribution < -0.4 is 0 Å². The van der Waals surface area contributed by atoms with E-state index in [1.165, 1.54) is 56.9 Å². The van der Waals surface area contributed by atoms with Crippen LogP contribution in [0.2, 0.25) is 0 Å². The first kappa shape index (κ1) is 11.8. The fraction of sp³-hybridized carbons (Fsp3) is 0.857. The van der Waals surface area contributed by atoms with Gasteiger partial charge in [0.05, 0.1) is 0 Å². The minimum Gasteiger partial charge on any atom is -0.100 e. The average molecular weight is 194 g/mol. The summed E-state index contributed by atoms with van der Waals surface area (Å²) in [4.78, 5) is 0. The van der Waals surface area contributed by atoms with Crippen molar-refractivity contribution in [2.24, 2.45) is 11.8 Å². The van der Waals surface area contributed by atoms with Gasteiger partial charge in [0.15, 0.2) is 0 Å². The molecule has 82 valence electrons. The molecule has 1 fully saturated rings. The topological polar surface area (TPSA) is 0 Å². The van der Waals surface area contributed by atoms with Crippen molar-refractivity contribution in [2.45, 2.75) is 65.2 Å². The van der Waals surface area contributed by atoms with E-state index >= 15 is 0 Å². The molecular weight excluding hydrogens is 168 g/mol. The predicted molar refractivity (Wildman–Crippen MR) is 64.4 cm³/mol. The Hall–Kier alpha value is -0.260. The molecule has 0 radical (unpaired) electrons. The van der Waals surface area contributed by atoms with Crippen LogP contribution in [0.15, 0.2) is 12.2 Å². The average Bonchev–Trinajstić information content (AvgIpc) is 2.64. The molecule has 0 saturated heterocycles. The van der Waals surface area contributed by atoms with E-state index in [1.54, 1.807) is 0 Å². The highest BCUT2D eigenvalue weighted by atomic mass is 14.3. The molecule has 0 aromatic rings. The quantitative estimate of drug-likeness (QED) is 0.525. The van der Waals surface area contributed by atoms with Gasteiger partial charge in [0.1, 0.15) is 0 Å². The minimum atomic E-state index is 0.999. The first-order chi connectivity index (χ1) is 6.74. The van der Waals surface area contributed by atoms with E-state index in [4.69, 9.17) is 0 Å². The monoisotopic (exact) mass is 194 g/mol. The molecule has 0 heterocycles. The molecular formula is C14H26. The molecule has 0 aromatic carbocycles. The van der Waals surface area contributed by atoms with Gasteiger partial charge in [-0.2, -0.15) is 0 Å². The van der Waals surface area contributed by atoms with Gasteiger partial charge >= 0.3 is 0 Å². The number of rotatable bonds is 6. The zero-order chi connectivity index (χ0) is 10.4. The Labute approximate surface area is 89.8 Å². The second-order valence-corrected chi connectivity index (χ2v) is 5.09. The highest BCUT2D eigenvalue weighted by molar-refractivity contribution is 4.89. The minimum absolute atomic E-state index is 0.999. The lowest BCUT2D eigenvalue weighted by atomic mass is 9.83. The normalized spacial score (nSPS) is 19.9. The van der Waals surface area contributed by atoms with Crippen molar-refractivity contribution in [3.63, 3.8) is 0 Å². The molecule has 14 heavy (non-hydrogen) atoms. The molecule has 1 aliphatic carbocycles. The van der Waals surface area contributed by atoms with E-state index in [0.717, 1.165) is 11.8 Å². The van der Waals surface area contributed by atoms with Gasteiger partial charge in [-0.15, -0.1) is 6.58 Å². The van der Waals surface area contributed by atoms with Crippen molar-refractivity contribution in [3.05, 3.63) is 12.2 Å². The molecule has 1 saturated carbocycles. The van der Waals surface area contributed by atoms with E-state index < -0.39 is 0 Å². The maximum atomic E-state index is 4.01. The first-order valence-corrected chi connectivity index (χ1v) is 6.38. The summed E-state index contributed by atoms with van der Waals surface area (Å²) in [5.41, 5.74) is 1.36. The molecule has 0 aliphatic heterocycles. The van der Waals surface area contributed by atoms with Crippen LogP contribution in [0.4, 0.5) is 0 Å². The SMILES string of the molecule is C=C(C)CCC(CCC)C1CCCC1. The maximum absolute atomic E-state index is 4.01. The second kappa shape index (κ2) is 6.27. The molecule has 0 amide bonds. The van der Waals surface area contributed by atoms with Crippen LogP contribution in [0.1, 0.15) is 65.2 Å². The Morgan fingerprint density at radius 1 is 1.29 bits per heavy atom. The number of hydrogen-bond acceptors (Lipinski definition) is 0. The van der Waals surface area contributed by atoms with Crippen LogP contribution in [-0.2, 0) is 0 Å². The smallest absolute Gasteiger partial charge is 0.0323 e. The molecule has 1 atom stereocenters. The van der Waals surface area contributed by atoms with E-state index in [1.807, 2.05) is 0 Å². The van der Waals surface area contributed by atoms with Gasteiger partial charge in [-0.05, 0) is 31.6 Å². The summed E-state index contributed by atoms with van der Waals surface area (Å²) < 4.78 is 0.